The van der Waals surface area contributed by atoms with Gasteiger partial charge < -0.3 is 4.74 Å². The number of hydrogen-bond acceptors (Lipinski definition) is 5. The predicted octanol–water partition coefficient (Wildman–Crippen LogP) is 0.265. The fourth-order valence-corrected chi connectivity index (χ4v) is 3.01. The molecule has 114 valence electrons. The van der Waals surface area contributed by atoms with Gasteiger partial charge in [-0.15, -0.1) is 0 Å². The SMILES string of the molecule is COCCNS(=O)(=O)c1ccc(N2C(=O)CCC2=O)cc1. The smallest absolute Gasteiger partial charge is 0.240 e. The predicted molar refractivity (Wildman–Crippen MR) is 75.2 cm³/mol. The van der Waals surface area contributed by atoms with Gasteiger partial charge in [0.25, 0.3) is 0 Å². The summed E-state index contributed by atoms with van der Waals surface area (Å²) in [6.07, 6.45) is 0.384. The van der Waals surface area contributed by atoms with Crippen molar-refractivity contribution in [2.45, 2.75) is 17.7 Å². The highest BCUT2D eigenvalue weighted by molar-refractivity contribution is 7.89. The number of hydrogen-bond donors (Lipinski definition) is 1. The third kappa shape index (κ3) is 3.46. The lowest BCUT2D eigenvalue weighted by molar-refractivity contribution is -0.121. The van der Waals surface area contributed by atoms with Crippen LogP contribution in [0.1, 0.15) is 12.8 Å². The van der Waals surface area contributed by atoms with Crippen molar-refractivity contribution in [1.82, 2.24) is 4.72 Å². The van der Waals surface area contributed by atoms with Crippen molar-refractivity contribution in [1.29, 1.82) is 0 Å². The Morgan fingerprint density at radius 2 is 1.71 bits per heavy atom. The van der Waals surface area contributed by atoms with Crippen molar-refractivity contribution >= 4 is 27.5 Å². The molecule has 2 rings (SSSR count). The molecule has 1 aromatic carbocycles. The van der Waals surface area contributed by atoms with Crippen molar-refractivity contribution in [2.75, 3.05) is 25.2 Å². The molecule has 0 bridgehead atoms. The Bertz CT molecular complexity index is 623. The maximum atomic E-state index is 12.0. The number of sulfonamides is 1. The Kier molecular flexibility index (Phi) is 4.71. The summed E-state index contributed by atoms with van der Waals surface area (Å²) < 4.78 is 31.1. The lowest BCUT2D eigenvalue weighted by Crippen LogP contribution is -2.29. The van der Waals surface area contributed by atoms with Gasteiger partial charge in [-0.2, -0.15) is 0 Å². The van der Waals surface area contributed by atoms with Gasteiger partial charge >= 0.3 is 0 Å². The third-order valence-electron chi connectivity index (χ3n) is 3.06. The highest BCUT2D eigenvalue weighted by Gasteiger charge is 2.30. The summed E-state index contributed by atoms with van der Waals surface area (Å²) in [6, 6.07) is 5.63. The van der Waals surface area contributed by atoms with E-state index in [-0.39, 0.29) is 42.7 Å². The van der Waals surface area contributed by atoms with Crippen LogP contribution in [0.15, 0.2) is 29.2 Å². The normalized spacial score (nSPS) is 15.8. The minimum absolute atomic E-state index is 0.0708. The van der Waals surface area contributed by atoms with Crippen LogP contribution in [0.5, 0.6) is 0 Å². The molecule has 0 unspecified atom stereocenters. The number of carbonyl (C=O) groups excluding carboxylic acids is 2. The Hall–Kier alpha value is -1.77. The third-order valence-corrected chi connectivity index (χ3v) is 4.53. The molecule has 1 heterocycles. The molecule has 0 spiro atoms. The zero-order valence-corrected chi connectivity index (χ0v) is 12.4. The van der Waals surface area contributed by atoms with Gasteiger partial charge in [-0.1, -0.05) is 0 Å². The lowest BCUT2D eigenvalue weighted by Gasteiger charge is -2.14. The average Bonchev–Trinajstić information content (AvgIpc) is 2.78. The number of methoxy groups -OCH3 is 1. The minimum Gasteiger partial charge on any atom is -0.383 e. The van der Waals surface area contributed by atoms with E-state index in [1.807, 2.05) is 0 Å². The van der Waals surface area contributed by atoms with Crippen molar-refractivity contribution < 1.29 is 22.7 Å². The van der Waals surface area contributed by atoms with Gasteiger partial charge in [0.15, 0.2) is 0 Å². The summed E-state index contributed by atoms with van der Waals surface area (Å²) in [5, 5.41) is 0. The number of amides is 2. The summed E-state index contributed by atoms with van der Waals surface area (Å²) in [6.45, 7) is 0.442. The number of nitrogens with one attached hydrogen (secondary N) is 1. The van der Waals surface area contributed by atoms with E-state index in [1.54, 1.807) is 0 Å². The summed E-state index contributed by atoms with van der Waals surface area (Å²) in [7, 11) is -2.14. The van der Waals surface area contributed by atoms with E-state index in [2.05, 4.69) is 4.72 Å². The maximum absolute atomic E-state index is 12.0. The van der Waals surface area contributed by atoms with Crippen molar-refractivity contribution in [3.63, 3.8) is 0 Å². The van der Waals surface area contributed by atoms with E-state index in [1.165, 1.54) is 31.4 Å². The Morgan fingerprint density at radius 1 is 1.14 bits per heavy atom. The fraction of sp³-hybridized carbons (Fsp3) is 0.385. The van der Waals surface area contributed by atoms with Gasteiger partial charge in [-0.25, -0.2) is 13.1 Å². The molecule has 0 radical (unpaired) electrons. The van der Waals surface area contributed by atoms with E-state index in [0.29, 0.717) is 5.69 Å². The standard InChI is InChI=1S/C13H16N2O5S/c1-20-9-8-14-21(18,19)11-4-2-10(3-5-11)15-12(16)6-7-13(15)17/h2-5,14H,6-9H2,1H3. The van der Waals surface area contributed by atoms with Crippen molar-refractivity contribution in [3.8, 4) is 0 Å². The minimum atomic E-state index is -3.62. The molecule has 1 aliphatic heterocycles. The molecular weight excluding hydrogens is 296 g/mol. The Balaban J connectivity index is 2.15. The second-order valence-corrected chi connectivity index (χ2v) is 6.27. The number of nitrogens with zero attached hydrogens (tertiary/aromatic N) is 1. The second kappa shape index (κ2) is 6.33. The van der Waals surface area contributed by atoms with Crippen molar-refractivity contribution in [2.24, 2.45) is 0 Å². The number of imide groups is 1. The number of benzene rings is 1. The largest absolute Gasteiger partial charge is 0.383 e. The van der Waals surface area contributed by atoms with E-state index in [9.17, 15) is 18.0 Å². The lowest BCUT2D eigenvalue weighted by atomic mass is 10.3. The maximum Gasteiger partial charge on any atom is 0.240 e. The van der Waals surface area contributed by atoms with Crippen LogP contribution in [0.2, 0.25) is 0 Å². The van der Waals surface area contributed by atoms with E-state index < -0.39 is 10.0 Å². The molecule has 0 aliphatic carbocycles. The number of ether oxygens (including phenoxy) is 1. The molecule has 2 amide bonds. The first kappa shape index (κ1) is 15.6. The summed E-state index contributed by atoms with van der Waals surface area (Å²) in [5.41, 5.74) is 0.387. The molecule has 21 heavy (non-hydrogen) atoms. The van der Waals surface area contributed by atoms with Crippen LogP contribution < -0.4 is 9.62 Å². The second-order valence-electron chi connectivity index (χ2n) is 4.51. The fourth-order valence-electron chi connectivity index (χ4n) is 2.00. The summed E-state index contributed by atoms with van der Waals surface area (Å²) >= 11 is 0. The zero-order chi connectivity index (χ0) is 15.5. The molecular formula is C13H16N2O5S. The molecule has 1 aromatic rings. The highest BCUT2D eigenvalue weighted by atomic mass is 32.2. The summed E-state index contributed by atoms with van der Waals surface area (Å²) in [4.78, 5) is 24.4. The topological polar surface area (TPSA) is 92.8 Å². The van der Waals surface area contributed by atoms with Gasteiger partial charge in [-0.3, -0.25) is 14.5 Å². The first-order chi connectivity index (χ1) is 9.95. The quantitative estimate of drug-likeness (QED) is 0.601. The van der Waals surface area contributed by atoms with E-state index in [4.69, 9.17) is 4.74 Å². The van der Waals surface area contributed by atoms with E-state index in [0.717, 1.165) is 4.90 Å². The zero-order valence-electron chi connectivity index (χ0n) is 11.5. The van der Waals surface area contributed by atoms with Crippen LogP contribution in [0.25, 0.3) is 0 Å². The molecule has 0 saturated carbocycles. The molecule has 1 saturated heterocycles. The van der Waals surface area contributed by atoms with Crippen LogP contribution in [-0.4, -0.2) is 40.5 Å². The number of anilines is 1. The molecule has 0 atom stereocenters. The van der Waals surface area contributed by atoms with Crippen LogP contribution in [-0.2, 0) is 24.3 Å². The molecule has 8 heteroatoms. The van der Waals surface area contributed by atoms with Crippen LogP contribution in [0.4, 0.5) is 5.69 Å². The molecule has 1 fully saturated rings. The highest BCUT2D eigenvalue weighted by Crippen LogP contribution is 2.23. The van der Waals surface area contributed by atoms with Crippen molar-refractivity contribution in [3.05, 3.63) is 24.3 Å². The van der Waals surface area contributed by atoms with Gasteiger partial charge in [0.2, 0.25) is 21.8 Å². The number of rotatable bonds is 6. The van der Waals surface area contributed by atoms with Gasteiger partial charge in [-0.05, 0) is 24.3 Å². The van der Waals surface area contributed by atoms with Gasteiger partial charge in [0.1, 0.15) is 0 Å². The first-order valence-corrected chi connectivity index (χ1v) is 7.88. The first-order valence-electron chi connectivity index (χ1n) is 6.40. The monoisotopic (exact) mass is 312 g/mol. The van der Waals surface area contributed by atoms with E-state index >= 15 is 0 Å². The number of carbonyl (C=O) groups is 2. The Labute approximate surface area is 122 Å². The average molecular weight is 312 g/mol. The Morgan fingerprint density at radius 3 is 2.24 bits per heavy atom. The van der Waals surface area contributed by atoms with Crippen LogP contribution in [0, 0.1) is 0 Å². The van der Waals surface area contributed by atoms with Crippen LogP contribution in [0.3, 0.4) is 0 Å². The van der Waals surface area contributed by atoms with Crippen LogP contribution >= 0.6 is 0 Å². The molecule has 0 aromatic heterocycles. The molecule has 7 nitrogen and oxygen atoms in total. The molecule has 1 N–H and O–H groups in total. The van der Waals surface area contributed by atoms with Gasteiger partial charge in [0.05, 0.1) is 17.2 Å². The summed E-state index contributed by atoms with van der Waals surface area (Å²) in [5.74, 6) is -0.539. The molecule has 1 aliphatic rings. The van der Waals surface area contributed by atoms with Gasteiger partial charge in [0, 0.05) is 26.5 Å².